The lowest BCUT2D eigenvalue weighted by molar-refractivity contribution is -0.116. The number of nitrogens with two attached hydrogens (primary N) is 1. The quantitative estimate of drug-likeness (QED) is 0.800. The number of carbonyl (C=O) groups is 1. The first-order valence-electron chi connectivity index (χ1n) is 4.58. The maximum Gasteiger partial charge on any atom is 0.224 e. The van der Waals surface area contributed by atoms with E-state index in [2.05, 4.69) is 5.32 Å². The molecule has 0 bridgehead atoms. The molecule has 0 heterocycles. The zero-order chi connectivity index (χ0) is 11.3. The van der Waals surface area contributed by atoms with Crippen molar-refractivity contribution in [1.29, 1.82) is 0 Å². The Morgan fingerprint density at radius 1 is 1.40 bits per heavy atom. The van der Waals surface area contributed by atoms with Crippen LogP contribution in [0.25, 0.3) is 0 Å². The Balaban J connectivity index is 2.60. The van der Waals surface area contributed by atoms with Gasteiger partial charge in [-0.15, -0.1) is 0 Å². The number of hydrogen-bond donors (Lipinski definition) is 2. The molecular formula is C10H12F2N2O. The highest BCUT2D eigenvalue weighted by Crippen LogP contribution is 2.15. The third-order valence-electron chi connectivity index (χ3n) is 1.81. The summed E-state index contributed by atoms with van der Waals surface area (Å²) in [6.45, 7) is 0.402. The van der Waals surface area contributed by atoms with Gasteiger partial charge in [0.25, 0.3) is 0 Å². The molecule has 1 aromatic rings. The van der Waals surface area contributed by atoms with E-state index in [-0.39, 0.29) is 18.0 Å². The number of halogens is 2. The molecule has 0 radical (unpaired) electrons. The predicted octanol–water partition coefficient (Wildman–Crippen LogP) is 1.64. The highest BCUT2D eigenvalue weighted by atomic mass is 19.1. The Morgan fingerprint density at radius 2 is 2.13 bits per heavy atom. The SMILES string of the molecule is NCCCC(=O)Nc1ccc(F)cc1F. The van der Waals surface area contributed by atoms with Gasteiger partial charge in [0.1, 0.15) is 11.6 Å². The number of benzene rings is 1. The van der Waals surface area contributed by atoms with Crippen LogP contribution in [0.2, 0.25) is 0 Å². The van der Waals surface area contributed by atoms with Gasteiger partial charge >= 0.3 is 0 Å². The summed E-state index contributed by atoms with van der Waals surface area (Å²) in [6.07, 6.45) is 0.766. The molecule has 15 heavy (non-hydrogen) atoms. The number of rotatable bonds is 4. The summed E-state index contributed by atoms with van der Waals surface area (Å²) >= 11 is 0. The molecule has 82 valence electrons. The number of amides is 1. The molecule has 3 nitrogen and oxygen atoms in total. The normalized spacial score (nSPS) is 10.1. The van der Waals surface area contributed by atoms with E-state index in [9.17, 15) is 13.6 Å². The molecule has 1 rings (SSSR count). The molecule has 1 amide bonds. The van der Waals surface area contributed by atoms with Gasteiger partial charge in [0.15, 0.2) is 0 Å². The van der Waals surface area contributed by atoms with Gasteiger partial charge < -0.3 is 11.1 Å². The molecule has 0 atom stereocenters. The van der Waals surface area contributed by atoms with Crippen LogP contribution in [0.1, 0.15) is 12.8 Å². The molecule has 0 spiro atoms. The van der Waals surface area contributed by atoms with E-state index in [0.717, 1.165) is 12.1 Å². The number of carbonyl (C=O) groups excluding carboxylic acids is 1. The van der Waals surface area contributed by atoms with E-state index < -0.39 is 11.6 Å². The lowest BCUT2D eigenvalue weighted by Gasteiger charge is -2.05. The Hall–Kier alpha value is -1.49. The van der Waals surface area contributed by atoms with Crippen molar-refractivity contribution in [3.8, 4) is 0 Å². The van der Waals surface area contributed by atoms with Crippen molar-refractivity contribution >= 4 is 11.6 Å². The molecule has 0 aliphatic heterocycles. The first-order chi connectivity index (χ1) is 7.13. The van der Waals surface area contributed by atoms with Crippen LogP contribution in [0, 0.1) is 11.6 Å². The third-order valence-corrected chi connectivity index (χ3v) is 1.81. The van der Waals surface area contributed by atoms with Crippen molar-refractivity contribution in [3.63, 3.8) is 0 Å². The Labute approximate surface area is 86.3 Å². The summed E-state index contributed by atoms with van der Waals surface area (Å²) in [7, 11) is 0. The first kappa shape index (κ1) is 11.6. The smallest absolute Gasteiger partial charge is 0.224 e. The lowest BCUT2D eigenvalue weighted by atomic mass is 10.2. The predicted molar refractivity (Wildman–Crippen MR) is 53.3 cm³/mol. The molecule has 0 aliphatic rings. The number of nitrogens with one attached hydrogen (secondary N) is 1. The number of anilines is 1. The summed E-state index contributed by atoms with van der Waals surface area (Å²) in [4.78, 5) is 11.2. The van der Waals surface area contributed by atoms with Crippen LogP contribution in [-0.2, 0) is 4.79 Å². The second-order valence-electron chi connectivity index (χ2n) is 3.06. The standard InChI is InChI=1S/C10H12F2N2O/c11-7-3-4-9(8(12)6-7)14-10(15)2-1-5-13/h3-4,6H,1-2,5,13H2,(H,14,15). The largest absolute Gasteiger partial charge is 0.330 e. The second-order valence-corrected chi connectivity index (χ2v) is 3.06. The van der Waals surface area contributed by atoms with Gasteiger partial charge in [-0.25, -0.2) is 8.78 Å². The first-order valence-corrected chi connectivity index (χ1v) is 4.58. The maximum atomic E-state index is 13.1. The number of hydrogen-bond acceptors (Lipinski definition) is 2. The van der Waals surface area contributed by atoms with Crippen LogP contribution in [0.3, 0.4) is 0 Å². The van der Waals surface area contributed by atoms with Crippen LogP contribution in [0.15, 0.2) is 18.2 Å². The highest BCUT2D eigenvalue weighted by Gasteiger charge is 2.07. The summed E-state index contributed by atoms with van der Waals surface area (Å²) in [5.74, 6) is -1.78. The van der Waals surface area contributed by atoms with Gasteiger partial charge in [-0.3, -0.25) is 4.79 Å². The maximum absolute atomic E-state index is 13.1. The van der Waals surface area contributed by atoms with Crippen LogP contribution in [-0.4, -0.2) is 12.5 Å². The fourth-order valence-electron chi connectivity index (χ4n) is 1.07. The Kier molecular flexibility index (Phi) is 4.17. The second kappa shape index (κ2) is 5.41. The molecule has 0 saturated carbocycles. The van der Waals surface area contributed by atoms with E-state index in [4.69, 9.17) is 5.73 Å². The summed E-state index contributed by atoms with van der Waals surface area (Å²) in [5.41, 5.74) is 5.20. The zero-order valence-electron chi connectivity index (χ0n) is 8.09. The van der Waals surface area contributed by atoms with Crippen molar-refractivity contribution < 1.29 is 13.6 Å². The summed E-state index contributed by atoms with van der Waals surface area (Å²) in [5, 5.41) is 2.34. The Bertz CT molecular complexity index is 355. The molecule has 0 unspecified atom stereocenters. The third kappa shape index (κ3) is 3.63. The molecule has 5 heteroatoms. The minimum Gasteiger partial charge on any atom is -0.330 e. The van der Waals surface area contributed by atoms with Crippen molar-refractivity contribution in [2.24, 2.45) is 5.73 Å². The molecule has 1 aromatic carbocycles. The molecule has 0 aromatic heterocycles. The molecule has 0 fully saturated rings. The van der Waals surface area contributed by atoms with Crippen molar-refractivity contribution in [2.75, 3.05) is 11.9 Å². The van der Waals surface area contributed by atoms with E-state index in [0.29, 0.717) is 13.0 Å². The van der Waals surface area contributed by atoms with Gasteiger partial charge in [-0.05, 0) is 25.1 Å². The minimum absolute atomic E-state index is 0.0154. The fourth-order valence-corrected chi connectivity index (χ4v) is 1.07. The van der Waals surface area contributed by atoms with E-state index in [1.807, 2.05) is 0 Å². The van der Waals surface area contributed by atoms with Crippen molar-refractivity contribution in [3.05, 3.63) is 29.8 Å². The van der Waals surface area contributed by atoms with Crippen molar-refractivity contribution in [2.45, 2.75) is 12.8 Å². The minimum atomic E-state index is -0.781. The molecule has 3 N–H and O–H groups in total. The van der Waals surface area contributed by atoms with E-state index >= 15 is 0 Å². The zero-order valence-corrected chi connectivity index (χ0v) is 8.09. The topological polar surface area (TPSA) is 55.1 Å². The summed E-state index contributed by atoms with van der Waals surface area (Å²) in [6, 6.07) is 2.99. The Morgan fingerprint density at radius 3 is 2.73 bits per heavy atom. The average Bonchev–Trinajstić information content (AvgIpc) is 2.19. The lowest BCUT2D eigenvalue weighted by Crippen LogP contribution is -2.14. The van der Waals surface area contributed by atoms with Crippen LogP contribution >= 0.6 is 0 Å². The van der Waals surface area contributed by atoms with Crippen molar-refractivity contribution in [1.82, 2.24) is 0 Å². The van der Waals surface area contributed by atoms with Crippen LogP contribution < -0.4 is 11.1 Å². The fraction of sp³-hybridized carbons (Fsp3) is 0.300. The summed E-state index contributed by atoms with van der Waals surface area (Å²) < 4.78 is 25.6. The molecule has 0 aliphatic carbocycles. The van der Waals surface area contributed by atoms with Gasteiger partial charge in [-0.1, -0.05) is 0 Å². The van der Waals surface area contributed by atoms with Gasteiger partial charge in [0, 0.05) is 12.5 Å². The monoisotopic (exact) mass is 214 g/mol. The van der Waals surface area contributed by atoms with Crippen LogP contribution in [0.5, 0.6) is 0 Å². The van der Waals surface area contributed by atoms with E-state index in [1.54, 1.807) is 0 Å². The van der Waals surface area contributed by atoms with Crippen LogP contribution in [0.4, 0.5) is 14.5 Å². The molecular weight excluding hydrogens is 202 g/mol. The molecule has 0 saturated heterocycles. The average molecular weight is 214 g/mol. The van der Waals surface area contributed by atoms with Gasteiger partial charge in [-0.2, -0.15) is 0 Å². The van der Waals surface area contributed by atoms with E-state index in [1.165, 1.54) is 6.07 Å². The highest BCUT2D eigenvalue weighted by molar-refractivity contribution is 5.90. The van der Waals surface area contributed by atoms with Gasteiger partial charge in [0.2, 0.25) is 5.91 Å². The van der Waals surface area contributed by atoms with Gasteiger partial charge in [0.05, 0.1) is 5.69 Å².